The number of carboxylic acid groups (broad SMARTS) is 1. The Kier molecular flexibility index (Phi) is 4.90. The molecule has 6 heteroatoms. The van der Waals surface area contributed by atoms with E-state index in [0.717, 1.165) is 0 Å². The number of carboxylic acids is 1. The van der Waals surface area contributed by atoms with Crippen molar-refractivity contribution in [2.75, 3.05) is 6.61 Å². The zero-order valence-corrected chi connectivity index (χ0v) is 7.93. The highest BCUT2D eigenvalue weighted by molar-refractivity contribution is 5.67. The van der Waals surface area contributed by atoms with Crippen molar-refractivity contribution >= 4 is 5.97 Å². The second-order valence-corrected chi connectivity index (χ2v) is 3.19. The molecule has 0 radical (unpaired) electrons. The largest absolute Gasteiger partial charge is 0.550 e. The smallest absolute Gasteiger partial charge is 0.411 e. The van der Waals surface area contributed by atoms with Crippen LogP contribution in [0.15, 0.2) is 0 Å². The zero-order valence-electron chi connectivity index (χ0n) is 7.93. The maximum absolute atomic E-state index is 11.7. The number of rotatable bonds is 5. The average molecular weight is 213 g/mol. The minimum absolute atomic E-state index is 0.0123. The summed E-state index contributed by atoms with van der Waals surface area (Å²) in [5.74, 6) is -2.09. The van der Waals surface area contributed by atoms with Crippen LogP contribution in [0.2, 0.25) is 0 Å². The first kappa shape index (κ1) is 13.2. The summed E-state index contributed by atoms with van der Waals surface area (Å²) in [5, 5.41) is 10.2. The first-order valence-corrected chi connectivity index (χ1v) is 4.11. The van der Waals surface area contributed by atoms with Gasteiger partial charge in [0.25, 0.3) is 0 Å². The Balaban J connectivity index is 3.76. The molecule has 0 N–H and O–H groups in total. The van der Waals surface area contributed by atoms with Crippen molar-refractivity contribution in [3.8, 4) is 0 Å². The van der Waals surface area contributed by atoms with E-state index >= 15 is 0 Å². The number of hydrogen-bond donors (Lipinski definition) is 0. The molecule has 0 aliphatic rings. The topological polar surface area (TPSA) is 49.4 Å². The van der Waals surface area contributed by atoms with Crippen LogP contribution in [0.3, 0.4) is 0 Å². The number of ether oxygens (including phenoxy) is 1. The quantitative estimate of drug-likeness (QED) is 0.676. The Bertz CT molecular complexity index is 191. The summed E-state index contributed by atoms with van der Waals surface area (Å²) in [6.45, 7) is 1.40. The van der Waals surface area contributed by atoms with Crippen molar-refractivity contribution < 1.29 is 27.8 Å². The Morgan fingerprint density at radius 3 is 2.29 bits per heavy atom. The van der Waals surface area contributed by atoms with Gasteiger partial charge in [-0.1, -0.05) is 6.92 Å². The van der Waals surface area contributed by atoms with E-state index in [1.54, 1.807) is 0 Å². The molecular formula is C8H12F3O3-. The van der Waals surface area contributed by atoms with Crippen molar-refractivity contribution in [1.82, 2.24) is 0 Å². The first-order valence-electron chi connectivity index (χ1n) is 4.11. The van der Waals surface area contributed by atoms with Gasteiger partial charge in [0.05, 0.1) is 6.10 Å². The van der Waals surface area contributed by atoms with Crippen molar-refractivity contribution in [3.05, 3.63) is 0 Å². The van der Waals surface area contributed by atoms with Crippen LogP contribution in [0.1, 0.15) is 20.3 Å². The number of carbonyl (C=O) groups excluding carboxylic acids is 1. The van der Waals surface area contributed by atoms with Gasteiger partial charge in [-0.05, 0) is 19.3 Å². The predicted molar refractivity (Wildman–Crippen MR) is 40.3 cm³/mol. The minimum atomic E-state index is -4.38. The minimum Gasteiger partial charge on any atom is -0.550 e. The molecular weight excluding hydrogens is 201 g/mol. The molecule has 2 atom stereocenters. The third-order valence-corrected chi connectivity index (χ3v) is 1.62. The highest BCUT2D eigenvalue weighted by Gasteiger charge is 2.28. The lowest BCUT2D eigenvalue weighted by atomic mass is 10.1. The normalized spacial score (nSPS) is 16.4. The summed E-state index contributed by atoms with van der Waals surface area (Å²) in [4.78, 5) is 10.2. The fourth-order valence-electron chi connectivity index (χ4n) is 0.899. The van der Waals surface area contributed by atoms with Crippen molar-refractivity contribution in [1.29, 1.82) is 0 Å². The fourth-order valence-corrected chi connectivity index (χ4v) is 0.899. The summed E-state index contributed by atoms with van der Waals surface area (Å²) in [6.07, 6.45) is -5.11. The van der Waals surface area contributed by atoms with Crippen LogP contribution in [0, 0.1) is 5.92 Å². The summed E-state index contributed by atoms with van der Waals surface area (Å²) in [7, 11) is 0. The molecule has 0 saturated carbocycles. The molecule has 0 aliphatic heterocycles. The molecule has 0 bridgehead atoms. The molecule has 0 amide bonds. The third-order valence-electron chi connectivity index (χ3n) is 1.62. The van der Waals surface area contributed by atoms with Crippen LogP contribution in [0.5, 0.6) is 0 Å². The van der Waals surface area contributed by atoms with Crippen LogP contribution < -0.4 is 5.11 Å². The molecule has 0 fully saturated rings. The molecule has 14 heavy (non-hydrogen) atoms. The second kappa shape index (κ2) is 5.19. The molecule has 0 saturated heterocycles. The molecule has 0 rings (SSSR count). The van der Waals surface area contributed by atoms with Gasteiger partial charge in [0.1, 0.15) is 6.61 Å². The van der Waals surface area contributed by atoms with Gasteiger partial charge in [-0.3, -0.25) is 0 Å². The van der Waals surface area contributed by atoms with Gasteiger partial charge < -0.3 is 14.6 Å². The molecule has 3 nitrogen and oxygen atoms in total. The maximum Gasteiger partial charge on any atom is 0.411 e. The van der Waals surface area contributed by atoms with E-state index in [1.807, 2.05) is 0 Å². The lowest BCUT2D eigenvalue weighted by molar-refractivity contribution is -0.311. The van der Waals surface area contributed by atoms with Crippen molar-refractivity contribution in [2.24, 2.45) is 5.92 Å². The van der Waals surface area contributed by atoms with E-state index in [1.165, 1.54) is 13.8 Å². The van der Waals surface area contributed by atoms with Gasteiger partial charge in [-0.15, -0.1) is 0 Å². The third kappa shape index (κ3) is 6.71. The Labute approximate surface area is 79.9 Å². The predicted octanol–water partition coefficient (Wildman–Crippen LogP) is 0.730. The van der Waals surface area contributed by atoms with Crippen LogP contribution in [-0.4, -0.2) is 24.9 Å². The number of aliphatic carboxylic acids is 1. The molecule has 0 heterocycles. The second-order valence-electron chi connectivity index (χ2n) is 3.19. The monoisotopic (exact) mass is 213 g/mol. The molecule has 0 aromatic carbocycles. The molecule has 0 aromatic heterocycles. The van der Waals surface area contributed by atoms with E-state index in [9.17, 15) is 23.1 Å². The molecule has 84 valence electrons. The standard InChI is InChI=1S/C8H13F3O3/c1-5(7(12)13)3-6(2)14-4-8(9,10)11/h5-6H,3-4H2,1-2H3,(H,12,13)/p-1. The number of alkyl halides is 3. The lowest BCUT2D eigenvalue weighted by Crippen LogP contribution is -2.32. The van der Waals surface area contributed by atoms with E-state index < -0.39 is 30.8 Å². The highest BCUT2D eigenvalue weighted by atomic mass is 19.4. The van der Waals surface area contributed by atoms with Crippen molar-refractivity contribution in [2.45, 2.75) is 32.5 Å². The summed E-state index contributed by atoms with van der Waals surface area (Å²) in [5.41, 5.74) is 0. The molecule has 0 aromatic rings. The number of hydrogen-bond acceptors (Lipinski definition) is 3. The fraction of sp³-hybridized carbons (Fsp3) is 0.875. The van der Waals surface area contributed by atoms with E-state index in [0.29, 0.717) is 0 Å². The average Bonchev–Trinajstić information content (AvgIpc) is 1.99. The Morgan fingerprint density at radius 2 is 1.93 bits per heavy atom. The zero-order chi connectivity index (χ0) is 11.4. The van der Waals surface area contributed by atoms with Gasteiger partial charge in [0.15, 0.2) is 0 Å². The van der Waals surface area contributed by atoms with Crippen LogP contribution in [0.25, 0.3) is 0 Å². The maximum atomic E-state index is 11.7. The van der Waals surface area contributed by atoms with Crippen LogP contribution in [0.4, 0.5) is 13.2 Å². The van der Waals surface area contributed by atoms with Crippen LogP contribution in [-0.2, 0) is 9.53 Å². The Morgan fingerprint density at radius 1 is 1.43 bits per heavy atom. The van der Waals surface area contributed by atoms with E-state index in [-0.39, 0.29) is 6.42 Å². The number of carbonyl (C=O) groups is 1. The van der Waals surface area contributed by atoms with Gasteiger partial charge in [-0.2, -0.15) is 13.2 Å². The summed E-state index contributed by atoms with van der Waals surface area (Å²) >= 11 is 0. The lowest BCUT2D eigenvalue weighted by Gasteiger charge is -2.19. The van der Waals surface area contributed by atoms with Gasteiger partial charge in [0, 0.05) is 5.97 Å². The van der Waals surface area contributed by atoms with Gasteiger partial charge >= 0.3 is 6.18 Å². The van der Waals surface area contributed by atoms with Gasteiger partial charge in [-0.25, -0.2) is 0 Å². The summed E-state index contributed by atoms with van der Waals surface area (Å²) < 4.78 is 39.4. The SMILES string of the molecule is CC(CC(C)C(=O)[O-])OCC(F)(F)F. The Hall–Kier alpha value is -0.780. The summed E-state index contributed by atoms with van der Waals surface area (Å²) in [6, 6.07) is 0. The van der Waals surface area contributed by atoms with Crippen molar-refractivity contribution in [3.63, 3.8) is 0 Å². The van der Waals surface area contributed by atoms with E-state index in [2.05, 4.69) is 4.74 Å². The highest BCUT2D eigenvalue weighted by Crippen LogP contribution is 2.17. The van der Waals surface area contributed by atoms with Gasteiger partial charge in [0.2, 0.25) is 0 Å². The first-order chi connectivity index (χ1) is 6.22. The molecule has 2 unspecified atom stereocenters. The van der Waals surface area contributed by atoms with E-state index in [4.69, 9.17) is 0 Å². The molecule has 0 aliphatic carbocycles. The van der Waals surface area contributed by atoms with Crippen LogP contribution >= 0.6 is 0 Å². The molecule has 0 spiro atoms. The number of halogens is 3.